The van der Waals surface area contributed by atoms with Crippen molar-refractivity contribution < 1.29 is 4.84 Å². The summed E-state index contributed by atoms with van der Waals surface area (Å²) in [4.78, 5) is 5.21. The van der Waals surface area contributed by atoms with Gasteiger partial charge >= 0.3 is 6.07 Å². The van der Waals surface area contributed by atoms with Crippen molar-refractivity contribution in [3.8, 4) is 6.07 Å². The Morgan fingerprint density at radius 3 is 2.13 bits per heavy atom. The minimum atomic E-state index is -0.564. The van der Waals surface area contributed by atoms with Crippen LogP contribution >= 0.6 is 0 Å². The van der Waals surface area contributed by atoms with Gasteiger partial charge in [0.2, 0.25) is 5.72 Å². The van der Waals surface area contributed by atoms with Gasteiger partial charge in [-0.3, -0.25) is 0 Å². The molecule has 0 unspecified atom stereocenters. The Morgan fingerprint density at radius 1 is 1.09 bits per heavy atom. The Kier molecular flexibility index (Phi) is 5.18. The molecule has 1 aliphatic heterocycles. The first-order valence-electron chi connectivity index (χ1n) is 7.04. The third-order valence-electron chi connectivity index (χ3n) is 3.14. The lowest BCUT2D eigenvalue weighted by molar-refractivity contribution is -0.0691. The lowest BCUT2D eigenvalue weighted by Gasteiger charge is -2.25. The predicted molar refractivity (Wildman–Crippen MR) is 90.3 cm³/mol. The van der Waals surface area contributed by atoms with Crippen molar-refractivity contribution >= 4 is 5.84 Å². The molecule has 0 aromatic heterocycles. The fraction of sp³-hybridized carbons (Fsp3) is 0.176. The molecule has 0 saturated heterocycles. The molecule has 2 aromatic carbocycles. The lowest BCUT2D eigenvalue weighted by Crippen LogP contribution is -2.48. The number of amidine groups is 1. The standard InChI is InChI=1S/C10H13N3O.C7H5NO/c1-10(2)13(11)9(12-14-10)8-6-4-3-5-7-8;9-8-6-7-4-2-1-3-5-7/h3-7H,11H2,1-2H3;1-5H. The van der Waals surface area contributed by atoms with E-state index in [0.29, 0.717) is 11.4 Å². The van der Waals surface area contributed by atoms with Crippen molar-refractivity contribution in [1.29, 1.82) is 0 Å². The predicted octanol–water partition coefficient (Wildman–Crippen LogP) is 3.16. The first-order chi connectivity index (χ1) is 11.0. The van der Waals surface area contributed by atoms with E-state index in [1.807, 2.05) is 62.4 Å². The van der Waals surface area contributed by atoms with E-state index in [2.05, 4.69) is 16.2 Å². The molecule has 118 valence electrons. The van der Waals surface area contributed by atoms with Gasteiger partial charge in [0.1, 0.15) is 5.56 Å². The van der Waals surface area contributed by atoms with Crippen LogP contribution in [0.1, 0.15) is 25.0 Å². The molecule has 6 heteroatoms. The van der Waals surface area contributed by atoms with Gasteiger partial charge in [0, 0.05) is 10.6 Å². The Labute approximate surface area is 135 Å². The van der Waals surface area contributed by atoms with E-state index >= 15 is 0 Å². The maximum atomic E-state index is 9.61. The van der Waals surface area contributed by atoms with Gasteiger partial charge in [0.15, 0.2) is 5.84 Å². The largest absolute Gasteiger partial charge is 0.498 e. The van der Waals surface area contributed by atoms with E-state index in [4.69, 9.17) is 10.7 Å². The van der Waals surface area contributed by atoms with E-state index in [1.165, 1.54) is 5.01 Å². The third kappa shape index (κ3) is 4.22. The number of hydrogen-bond donors (Lipinski definition) is 1. The van der Waals surface area contributed by atoms with Gasteiger partial charge in [-0.2, -0.15) is 0 Å². The van der Waals surface area contributed by atoms with Crippen molar-refractivity contribution in [2.45, 2.75) is 19.6 Å². The normalized spacial score (nSPS) is 14.6. The molecule has 23 heavy (non-hydrogen) atoms. The highest BCUT2D eigenvalue weighted by molar-refractivity contribution is 5.99. The van der Waals surface area contributed by atoms with Gasteiger partial charge in [0.05, 0.1) is 0 Å². The molecule has 1 aliphatic rings. The first kappa shape index (κ1) is 16.3. The van der Waals surface area contributed by atoms with Crippen molar-refractivity contribution in [3.05, 3.63) is 82.0 Å². The number of hydrazine groups is 1. The summed E-state index contributed by atoms with van der Waals surface area (Å²) in [6.45, 7) is 3.74. The number of nitrogens with two attached hydrogens (primary N) is 1. The fourth-order valence-corrected chi connectivity index (χ4v) is 1.84. The second-order valence-corrected chi connectivity index (χ2v) is 5.26. The van der Waals surface area contributed by atoms with E-state index in [-0.39, 0.29) is 0 Å². The van der Waals surface area contributed by atoms with Gasteiger partial charge in [-0.05, 0) is 26.0 Å². The summed E-state index contributed by atoms with van der Waals surface area (Å²) in [6.07, 6.45) is 0. The van der Waals surface area contributed by atoms with Crippen LogP contribution in [-0.4, -0.2) is 16.6 Å². The zero-order valence-electron chi connectivity index (χ0n) is 13.0. The lowest BCUT2D eigenvalue weighted by atomic mass is 10.2. The van der Waals surface area contributed by atoms with Crippen LogP contribution in [0.15, 0.2) is 65.8 Å². The molecule has 0 atom stereocenters. The van der Waals surface area contributed by atoms with Crippen LogP contribution in [-0.2, 0) is 4.84 Å². The van der Waals surface area contributed by atoms with Crippen LogP contribution < -0.4 is 5.84 Å². The number of hydrogen-bond acceptors (Lipinski definition) is 5. The van der Waals surface area contributed by atoms with E-state index < -0.39 is 5.72 Å². The molecule has 0 spiro atoms. The molecule has 3 rings (SSSR count). The quantitative estimate of drug-likeness (QED) is 0.648. The summed E-state index contributed by atoms with van der Waals surface area (Å²) in [7, 11) is 0. The van der Waals surface area contributed by atoms with Crippen LogP contribution in [0.2, 0.25) is 0 Å². The van der Waals surface area contributed by atoms with Gasteiger partial charge in [-0.1, -0.05) is 53.7 Å². The number of benzene rings is 2. The van der Waals surface area contributed by atoms with Crippen LogP contribution in [0.3, 0.4) is 0 Å². The maximum absolute atomic E-state index is 9.61. The van der Waals surface area contributed by atoms with E-state index in [0.717, 1.165) is 5.56 Å². The van der Waals surface area contributed by atoms with Crippen LogP contribution in [0.4, 0.5) is 0 Å². The Morgan fingerprint density at radius 2 is 1.65 bits per heavy atom. The van der Waals surface area contributed by atoms with Crippen molar-refractivity contribution in [1.82, 2.24) is 5.01 Å². The van der Waals surface area contributed by atoms with Gasteiger partial charge in [-0.25, -0.2) is 10.9 Å². The molecule has 0 fully saturated rings. The highest BCUT2D eigenvalue weighted by atomic mass is 16.7. The second-order valence-electron chi connectivity index (χ2n) is 5.26. The summed E-state index contributed by atoms with van der Waals surface area (Å²) in [5.41, 5.74) is 1.11. The zero-order chi connectivity index (χ0) is 16.7. The Hall–Kier alpha value is -3.04. The average molecular weight is 310 g/mol. The summed E-state index contributed by atoms with van der Waals surface area (Å²) >= 11 is 0. The summed E-state index contributed by atoms with van der Waals surface area (Å²) in [6, 6.07) is 21.1. The minimum Gasteiger partial charge on any atom is -0.498 e. The van der Waals surface area contributed by atoms with Crippen molar-refractivity contribution in [2.24, 2.45) is 11.0 Å². The molecule has 0 aliphatic carbocycles. The smallest absolute Gasteiger partial charge is 0.336 e. The fourth-order valence-electron chi connectivity index (χ4n) is 1.84. The highest BCUT2D eigenvalue weighted by Crippen LogP contribution is 2.22. The molecule has 2 N–H and O–H groups in total. The molecule has 1 heterocycles. The monoisotopic (exact) mass is 310 g/mol. The number of oxime groups is 1. The number of rotatable bonds is 1. The average Bonchev–Trinajstić information content (AvgIpc) is 2.84. The molecular formula is C17H18N4O2. The first-order valence-corrected chi connectivity index (χ1v) is 7.04. The molecular weight excluding hydrogens is 292 g/mol. The minimum absolute atomic E-state index is 0.564. The van der Waals surface area contributed by atoms with Gasteiger partial charge in [0.25, 0.3) is 0 Å². The third-order valence-corrected chi connectivity index (χ3v) is 3.14. The molecule has 0 bridgehead atoms. The zero-order valence-corrected chi connectivity index (χ0v) is 13.0. The summed E-state index contributed by atoms with van der Waals surface area (Å²) in [5, 5.41) is 17.6. The molecule has 0 saturated carbocycles. The molecule has 6 nitrogen and oxygen atoms in total. The molecule has 0 radical (unpaired) electrons. The van der Waals surface area contributed by atoms with E-state index in [9.17, 15) is 5.21 Å². The van der Waals surface area contributed by atoms with Crippen molar-refractivity contribution in [3.63, 3.8) is 0 Å². The van der Waals surface area contributed by atoms with Crippen LogP contribution in [0, 0.1) is 11.3 Å². The number of nitrogens with zero attached hydrogens (tertiary/aromatic N) is 3. The maximum Gasteiger partial charge on any atom is 0.336 e. The second kappa shape index (κ2) is 7.29. The van der Waals surface area contributed by atoms with Crippen LogP contribution in [0.5, 0.6) is 0 Å². The Balaban J connectivity index is 0.000000185. The topological polar surface area (TPSA) is 78.3 Å². The SMILES string of the molecule is CC1(C)ON=C(c2ccccc2)N1N.[O-][N+]#Cc1ccccc1. The van der Waals surface area contributed by atoms with E-state index in [1.54, 1.807) is 12.1 Å². The molecule has 2 aromatic rings. The Bertz CT molecular complexity index is 719. The van der Waals surface area contributed by atoms with Crippen LogP contribution in [0.25, 0.3) is 5.01 Å². The highest BCUT2D eigenvalue weighted by Gasteiger charge is 2.35. The molecule has 0 amide bonds. The summed E-state index contributed by atoms with van der Waals surface area (Å²) in [5.74, 6) is 6.53. The van der Waals surface area contributed by atoms with Crippen molar-refractivity contribution in [2.75, 3.05) is 0 Å². The summed E-state index contributed by atoms with van der Waals surface area (Å²) < 4.78 is 0. The van der Waals surface area contributed by atoms with Gasteiger partial charge < -0.3 is 10.0 Å². The van der Waals surface area contributed by atoms with Gasteiger partial charge in [-0.15, -0.1) is 0 Å².